The van der Waals surface area contributed by atoms with Crippen LogP contribution in [0.5, 0.6) is 0 Å². The van der Waals surface area contributed by atoms with Crippen LogP contribution in [-0.2, 0) is 22.5 Å². The van der Waals surface area contributed by atoms with Crippen LogP contribution >= 0.6 is 11.3 Å². The van der Waals surface area contributed by atoms with Gasteiger partial charge in [0.2, 0.25) is 5.91 Å². The van der Waals surface area contributed by atoms with Gasteiger partial charge < -0.3 is 19.8 Å². The van der Waals surface area contributed by atoms with Crippen molar-refractivity contribution in [3.63, 3.8) is 0 Å². The van der Waals surface area contributed by atoms with Crippen LogP contribution in [0.4, 0.5) is 5.13 Å². The fourth-order valence-corrected chi connectivity index (χ4v) is 4.67. The lowest BCUT2D eigenvalue weighted by Crippen LogP contribution is -2.45. The Morgan fingerprint density at radius 1 is 1.15 bits per heavy atom. The molecule has 0 bridgehead atoms. The second-order valence-electron chi connectivity index (χ2n) is 8.28. The molecule has 9 heteroatoms. The highest BCUT2D eigenvalue weighted by molar-refractivity contribution is 7.13. The summed E-state index contributed by atoms with van der Waals surface area (Å²) in [7, 11) is 0. The minimum atomic E-state index is -0.779. The van der Waals surface area contributed by atoms with Gasteiger partial charge in [-0.15, -0.1) is 11.3 Å². The van der Waals surface area contributed by atoms with Gasteiger partial charge in [0.1, 0.15) is 6.04 Å². The van der Waals surface area contributed by atoms with Crippen LogP contribution in [0.1, 0.15) is 35.7 Å². The summed E-state index contributed by atoms with van der Waals surface area (Å²) >= 11 is 1.38. The van der Waals surface area contributed by atoms with Gasteiger partial charge in [-0.25, -0.2) is 4.98 Å². The van der Waals surface area contributed by atoms with Gasteiger partial charge >= 0.3 is 0 Å². The van der Waals surface area contributed by atoms with Crippen molar-refractivity contribution >= 4 is 28.3 Å². The predicted octanol–water partition coefficient (Wildman–Crippen LogP) is 3.33. The topological polar surface area (TPSA) is 96.7 Å². The van der Waals surface area contributed by atoms with E-state index in [0.29, 0.717) is 18.1 Å². The third-order valence-corrected chi connectivity index (χ3v) is 6.12. The SMILES string of the molecule is CC1CN(Cc2csc(NC(=O)C(Cc3ccccc3)NC(=O)c3ccco3)n2)CC(C)O1. The first-order valence-electron chi connectivity index (χ1n) is 11.0. The number of hydrogen-bond donors (Lipinski definition) is 2. The highest BCUT2D eigenvalue weighted by atomic mass is 32.1. The molecule has 1 aliphatic rings. The van der Waals surface area contributed by atoms with Crippen LogP contribution in [0.2, 0.25) is 0 Å². The van der Waals surface area contributed by atoms with Gasteiger partial charge in [0.15, 0.2) is 10.9 Å². The number of morpholine rings is 1. The molecule has 3 unspecified atom stereocenters. The third-order valence-electron chi connectivity index (χ3n) is 5.31. The van der Waals surface area contributed by atoms with Crippen LogP contribution in [0.15, 0.2) is 58.5 Å². The lowest BCUT2D eigenvalue weighted by molar-refractivity contribution is -0.118. The molecular formula is C24H28N4O4S. The molecule has 2 amide bonds. The Hall–Kier alpha value is -3.01. The Morgan fingerprint density at radius 2 is 1.91 bits per heavy atom. The number of nitrogens with one attached hydrogen (secondary N) is 2. The van der Waals surface area contributed by atoms with Gasteiger partial charge in [-0.05, 0) is 31.5 Å². The van der Waals surface area contributed by atoms with E-state index in [2.05, 4.69) is 34.4 Å². The first-order valence-corrected chi connectivity index (χ1v) is 11.9. The van der Waals surface area contributed by atoms with Crippen molar-refractivity contribution in [3.8, 4) is 0 Å². The monoisotopic (exact) mass is 468 g/mol. The molecule has 1 aromatic carbocycles. The second-order valence-corrected chi connectivity index (χ2v) is 9.14. The van der Waals surface area contributed by atoms with Crippen LogP contribution in [-0.4, -0.2) is 53.0 Å². The molecular weight excluding hydrogens is 440 g/mol. The molecule has 0 aliphatic carbocycles. The number of benzene rings is 1. The molecule has 3 aromatic rings. The molecule has 3 atom stereocenters. The first-order chi connectivity index (χ1) is 16.0. The van der Waals surface area contributed by atoms with Crippen molar-refractivity contribution in [2.45, 2.75) is 45.1 Å². The van der Waals surface area contributed by atoms with Crippen molar-refractivity contribution in [1.82, 2.24) is 15.2 Å². The average molecular weight is 469 g/mol. The summed E-state index contributed by atoms with van der Waals surface area (Å²) in [4.78, 5) is 32.5. The number of carbonyl (C=O) groups is 2. The van der Waals surface area contributed by atoms with E-state index in [-0.39, 0.29) is 23.9 Å². The minimum Gasteiger partial charge on any atom is -0.459 e. The van der Waals surface area contributed by atoms with Gasteiger partial charge in [-0.3, -0.25) is 14.5 Å². The molecule has 1 saturated heterocycles. The number of thiazole rings is 1. The number of furan rings is 1. The normalized spacial score (nSPS) is 19.7. The van der Waals surface area contributed by atoms with E-state index in [1.54, 1.807) is 12.1 Å². The maximum atomic E-state index is 13.1. The molecule has 3 heterocycles. The van der Waals surface area contributed by atoms with E-state index in [4.69, 9.17) is 9.15 Å². The number of rotatable bonds is 8. The zero-order chi connectivity index (χ0) is 23.2. The van der Waals surface area contributed by atoms with Crippen molar-refractivity contribution in [2.75, 3.05) is 18.4 Å². The Bertz CT molecular complexity index is 1040. The summed E-state index contributed by atoms with van der Waals surface area (Å²) in [6.07, 6.45) is 2.14. The van der Waals surface area contributed by atoms with Crippen LogP contribution < -0.4 is 10.6 Å². The van der Waals surface area contributed by atoms with Crippen molar-refractivity contribution < 1.29 is 18.7 Å². The molecule has 174 valence electrons. The number of ether oxygens (including phenoxy) is 1. The van der Waals surface area contributed by atoms with Crippen molar-refractivity contribution in [3.05, 3.63) is 71.1 Å². The summed E-state index contributed by atoms with van der Waals surface area (Å²) in [6.45, 7) is 6.54. The maximum absolute atomic E-state index is 13.1. The molecule has 4 rings (SSSR count). The summed E-state index contributed by atoms with van der Waals surface area (Å²) in [5, 5.41) is 8.11. The lowest BCUT2D eigenvalue weighted by Gasteiger charge is -2.34. The number of aromatic nitrogens is 1. The van der Waals surface area contributed by atoms with Gasteiger partial charge in [0, 0.05) is 31.4 Å². The highest BCUT2D eigenvalue weighted by Crippen LogP contribution is 2.20. The molecule has 0 radical (unpaired) electrons. The lowest BCUT2D eigenvalue weighted by atomic mass is 10.1. The number of nitrogens with zero attached hydrogens (tertiary/aromatic N) is 2. The van der Waals surface area contributed by atoms with E-state index >= 15 is 0 Å². The predicted molar refractivity (Wildman–Crippen MR) is 126 cm³/mol. The van der Waals surface area contributed by atoms with Gasteiger partial charge in [-0.2, -0.15) is 0 Å². The number of hydrogen-bond acceptors (Lipinski definition) is 7. The minimum absolute atomic E-state index is 0.159. The fraction of sp³-hybridized carbons (Fsp3) is 0.375. The Kier molecular flexibility index (Phi) is 7.54. The molecule has 2 aromatic heterocycles. The Balaban J connectivity index is 1.41. The van der Waals surface area contributed by atoms with Crippen molar-refractivity contribution in [2.24, 2.45) is 0 Å². The quantitative estimate of drug-likeness (QED) is 0.527. The van der Waals surface area contributed by atoms with E-state index in [9.17, 15) is 9.59 Å². The van der Waals surface area contributed by atoms with Gasteiger partial charge in [-0.1, -0.05) is 30.3 Å². The number of amides is 2. The number of carbonyl (C=O) groups excluding carboxylic acids is 2. The van der Waals surface area contributed by atoms with E-state index in [1.165, 1.54) is 17.6 Å². The average Bonchev–Trinajstić information content (AvgIpc) is 3.46. The summed E-state index contributed by atoms with van der Waals surface area (Å²) in [5.74, 6) is -0.605. The van der Waals surface area contributed by atoms with Crippen LogP contribution in [0.25, 0.3) is 0 Å². The summed E-state index contributed by atoms with van der Waals surface area (Å²) < 4.78 is 11.0. The standard InChI is InChI=1S/C24H28N4O4S/c1-16-12-28(13-17(2)32-16)14-19-15-33-24(25-19)27-22(29)20(11-18-7-4-3-5-8-18)26-23(30)21-9-6-10-31-21/h3-10,15-17,20H,11-14H2,1-2H3,(H,26,30)(H,25,27,29). The molecule has 0 saturated carbocycles. The summed E-state index contributed by atoms with van der Waals surface area (Å²) in [5.41, 5.74) is 1.84. The molecule has 1 fully saturated rings. The molecule has 33 heavy (non-hydrogen) atoms. The van der Waals surface area contributed by atoms with E-state index in [0.717, 1.165) is 24.3 Å². The van der Waals surface area contributed by atoms with Crippen LogP contribution in [0.3, 0.4) is 0 Å². The van der Waals surface area contributed by atoms with E-state index < -0.39 is 11.9 Å². The molecule has 8 nitrogen and oxygen atoms in total. The third kappa shape index (κ3) is 6.50. The maximum Gasteiger partial charge on any atom is 0.287 e. The van der Waals surface area contributed by atoms with Crippen molar-refractivity contribution in [1.29, 1.82) is 0 Å². The molecule has 0 spiro atoms. The Morgan fingerprint density at radius 3 is 2.61 bits per heavy atom. The molecule has 2 N–H and O–H groups in total. The largest absolute Gasteiger partial charge is 0.459 e. The van der Waals surface area contributed by atoms with Crippen LogP contribution in [0, 0.1) is 0 Å². The molecule has 1 aliphatic heterocycles. The zero-order valence-electron chi connectivity index (χ0n) is 18.7. The first kappa shape index (κ1) is 23.2. The van der Waals surface area contributed by atoms with E-state index in [1.807, 2.05) is 35.7 Å². The number of anilines is 1. The second kappa shape index (κ2) is 10.7. The van der Waals surface area contributed by atoms with Gasteiger partial charge in [0.25, 0.3) is 5.91 Å². The zero-order valence-corrected chi connectivity index (χ0v) is 19.5. The fourth-order valence-electron chi connectivity index (χ4n) is 3.97. The Labute approximate surface area is 197 Å². The summed E-state index contributed by atoms with van der Waals surface area (Å²) in [6, 6.07) is 12.0. The van der Waals surface area contributed by atoms with Gasteiger partial charge in [0.05, 0.1) is 24.2 Å². The highest BCUT2D eigenvalue weighted by Gasteiger charge is 2.25. The smallest absolute Gasteiger partial charge is 0.287 e.